The van der Waals surface area contributed by atoms with Crippen LogP contribution in [-0.4, -0.2) is 23.4 Å². The summed E-state index contributed by atoms with van der Waals surface area (Å²) in [7, 11) is 1.21. The van der Waals surface area contributed by atoms with Crippen LogP contribution in [0.4, 0.5) is 10.5 Å². The molecule has 1 aromatic heterocycles. The molecule has 1 aromatic carbocycles. The Morgan fingerprint density at radius 3 is 2.65 bits per heavy atom. The summed E-state index contributed by atoms with van der Waals surface area (Å²) in [4.78, 5) is 34.2. The van der Waals surface area contributed by atoms with Crippen molar-refractivity contribution in [3.05, 3.63) is 38.9 Å². The molecule has 0 aliphatic rings. The zero-order valence-corrected chi connectivity index (χ0v) is 8.87. The molecule has 0 saturated heterocycles. The standard InChI is InChI=1S/C10H9N3O4/c1-17-10(16)11-6-4-2-3-5-7(6)9(15)13-12-8(5)14/h2-4H,1H3,(H,11,16)(H,12,14)(H,13,15). The van der Waals surface area contributed by atoms with Gasteiger partial charge in [-0.3, -0.25) is 25.1 Å². The van der Waals surface area contributed by atoms with Crippen LogP contribution < -0.4 is 16.4 Å². The molecule has 1 heterocycles. The summed E-state index contributed by atoms with van der Waals surface area (Å²) >= 11 is 0. The van der Waals surface area contributed by atoms with E-state index in [2.05, 4.69) is 20.3 Å². The van der Waals surface area contributed by atoms with Gasteiger partial charge in [0.05, 0.1) is 23.6 Å². The third-order valence-corrected chi connectivity index (χ3v) is 2.25. The van der Waals surface area contributed by atoms with Gasteiger partial charge in [0, 0.05) is 0 Å². The normalized spacial score (nSPS) is 10.2. The van der Waals surface area contributed by atoms with E-state index in [4.69, 9.17) is 0 Å². The van der Waals surface area contributed by atoms with Gasteiger partial charge in [-0.15, -0.1) is 0 Å². The van der Waals surface area contributed by atoms with Crippen LogP contribution >= 0.6 is 0 Å². The average molecular weight is 235 g/mol. The van der Waals surface area contributed by atoms with E-state index in [1.54, 1.807) is 6.07 Å². The Balaban J connectivity index is 2.73. The molecule has 0 aliphatic heterocycles. The van der Waals surface area contributed by atoms with E-state index in [0.29, 0.717) is 0 Å². The number of nitrogens with one attached hydrogen (secondary N) is 3. The van der Waals surface area contributed by atoms with Gasteiger partial charge in [0.2, 0.25) is 0 Å². The highest BCUT2D eigenvalue weighted by Gasteiger charge is 2.10. The van der Waals surface area contributed by atoms with Crippen molar-refractivity contribution in [1.82, 2.24) is 10.2 Å². The molecule has 0 radical (unpaired) electrons. The van der Waals surface area contributed by atoms with Gasteiger partial charge < -0.3 is 4.74 Å². The van der Waals surface area contributed by atoms with E-state index in [1.807, 2.05) is 0 Å². The minimum Gasteiger partial charge on any atom is -0.453 e. The maximum atomic E-state index is 11.6. The summed E-state index contributed by atoms with van der Waals surface area (Å²) in [6, 6.07) is 4.56. The summed E-state index contributed by atoms with van der Waals surface area (Å²) in [6.45, 7) is 0. The number of carbonyl (C=O) groups excluding carboxylic acids is 1. The molecule has 7 nitrogen and oxygen atoms in total. The molecule has 0 atom stereocenters. The minimum absolute atomic E-state index is 0.113. The Kier molecular flexibility index (Phi) is 2.65. The van der Waals surface area contributed by atoms with E-state index >= 15 is 0 Å². The maximum absolute atomic E-state index is 11.6. The van der Waals surface area contributed by atoms with Crippen molar-refractivity contribution in [2.75, 3.05) is 12.4 Å². The Morgan fingerprint density at radius 1 is 1.24 bits per heavy atom. The van der Waals surface area contributed by atoms with Crippen molar-refractivity contribution < 1.29 is 9.53 Å². The molecule has 2 aromatic rings. The number of anilines is 1. The largest absolute Gasteiger partial charge is 0.453 e. The van der Waals surface area contributed by atoms with Gasteiger partial charge in [-0.1, -0.05) is 6.07 Å². The first-order valence-corrected chi connectivity index (χ1v) is 4.72. The molecular formula is C10H9N3O4. The maximum Gasteiger partial charge on any atom is 0.411 e. The number of carbonyl (C=O) groups is 1. The highest BCUT2D eigenvalue weighted by atomic mass is 16.5. The van der Waals surface area contributed by atoms with Gasteiger partial charge >= 0.3 is 6.09 Å². The smallest absolute Gasteiger partial charge is 0.411 e. The second kappa shape index (κ2) is 4.12. The van der Waals surface area contributed by atoms with Crippen LogP contribution in [0.25, 0.3) is 10.8 Å². The lowest BCUT2D eigenvalue weighted by molar-refractivity contribution is 0.187. The predicted molar refractivity (Wildman–Crippen MR) is 61.2 cm³/mol. The van der Waals surface area contributed by atoms with Crippen molar-refractivity contribution in [3.8, 4) is 0 Å². The Hall–Kier alpha value is -2.57. The lowest BCUT2D eigenvalue weighted by atomic mass is 10.1. The molecule has 0 fully saturated rings. The Bertz CT molecular complexity index is 686. The van der Waals surface area contributed by atoms with Crippen LogP contribution in [0.15, 0.2) is 27.8 Å². The number of methoxy groups -OCH3 is 1. The first-order valence-electron chi connectivity index (χ1n) is 4.72. The molecule has 0 saturated carbocycles. The van der Waals surface area contributed by atoms with Crippen molar-refractivity contribution >= 4 is 22.6 Å². The topological polar surface area (TPSA) is 104 Å². The van der Waals surface area contributed by atoms with Crippen LogP contribution in [0.1, 0.15) is 0 Å². The number of rotatable bonds is 1. The molecule has 17 heavy (non-hydrogen) atoms. The van der Waals surface area contributed by atoms with E-state index in [9.17, 15) is 14.4 Å². The Morgan fingerprint density at radius 2 is 1.94 bits per heavy atom. The monoisotopic (exact) mass is 235 g/mol. The molecule has 1 amide bonds. The first kappa shape index (κ1) is 10.9. The van der Waals surface area contributed by atoms with Crippen LogP contribution in [0.5, 0.6) is 0 Å². The molecule has 0 spiro atoms. The zero-order valence-electron chi connectivity index (χ0n) is 8.87. The Labute approximate surface area is 94.4 Å². The summed E-state index contributed by atoms with van der Waals surface area (Å²) in [5.41, 5.74) is -0.707. The number of aromatic nitrogens is 2. The van der Waals surface area contributed by atoms with E-state index in [0.717, 1.165) is 0 Å². The number of hydrogen-bond acceptors (Lipinski definition) is 4. The fourth-order valence-corrected chi connectivity index (χ4v) is 1.49. The van der Waals surface area contributed by atoms with Gasteiger partial charge in [0.25, 0.3) is 11.1 Å². The number of benzene rings is 1. The summed E-state index contributed by atoms with van der Waals surface area (Å²) in [5.74, 6) is 0. The summed E-state index contributed by atoms with van der Waals surface area (Å²) < 4.78 is 4.42. The molecule has 3 N–H and O–H groups in total. The molecule has 0 bridgehead atoms. The number of fused-ring (bicyclic) bond motifs is 1. The van der Waals surface area contributed by atoms with Crippen molar-refractivity contribution in [3.63, 3.8) is 0 Å². The second-order valence-electron chi connectivity index (χ2n) is 3.25. The molecule has 0 aliphatic carbocycles. The van der Waals surface area contributed by atoms with Gasteiger partial charge in [0.15, 0.2) is 0 Å². The van der Waals surface area contributed by atoms with E-state index in [1.165, 1.54) is 19.2 Å². The highest BCUT2D eigenvalue weighted by molar-refractivity contribution is 5.99. The van der Waals surface area contributed by atoms with Gasteiger partial charge in [-0.05, 0) is 12.1 Å². The SMILES string of the molecule is COC(=O)Nc1cccc2c(=O)[nH][nH]c(=O)c12. The van der Waals surface area contributed by atoms with Crippen molar-refractivity contribution in [2.24, 2.45) is 0 Å². The molecule has 2 rings (SSSR count). The van der Waals surface area contributed by atoms with Crippen LogP contribution in [0.3, 0.4) is 0 Å². The van der Waals surface area contributed by atoms with Crippen molar-refractivity contribution in [1.29, 1.82) is 0 Å². The van der Waals surface area contributed by atoms with Gasteiger partial charge in [0.1, 0.15) is 0 Å². The number of amides is 1. The van der Waals surface area contributed by atoms with E-state index in [-0.39, 0.29) is 16.5 Å². The lowest BCUT2D eigenvalue weighted by Crippen LogP contribution is -2.21. The second-order valence-corrected chi connectivity index (χ2v) is 3.25. The first-order chi connectivity index (χ1) is 8.13. The highest BCUT2D eigenvalue weighted by Crippen LogP contribution is 2.16. The van der Waals surface area contributed by atoms with Crippen LogP contribution in [0.2, 0.25) is 0 Å². The third kappa shape index (κ3) is 1.89. The van der Waals surface area contributed by atoms with Gasteiger partial charge in [-0.25, -0.2) is 4.79 Å². The average Bonchev–Trinajstić information content (AvgIpc) is 2.34. The van der Waals surface area contributed by atoms with Crippen LogP contribution in [-0.2, 0) is 4.74 Å². The fraction of sp³-hybridized carbons (Fsp3) is 0.100. The zero-order chi connectivity index (χ0) is 12.4. The lowest BCUT2D eigenvalue weighted by Gasteiger charge is -2.05. The fourth-order valence-electron chi connectivity index (χ4n) is 1.49. The molecule has 88 valence electrons. The van der Waals surface area contributed by atoms with Crippen LogP contribution in [0, 0.1) is 0 Å². The number of aromatic amines is 2. The van der Waals surface area contributed by atoms with Crippen molar-refractivity contribution in [2.45, 2.75) is 0 Å². The summed E-state index contributed by atoms with van der Waals surface area (Å²) in [5, 5.41) is 7.07. The molecule has 7 heteroatoms. The molecular weight excluding hydrogens is 226 g/mol. The van der Waals surface area contributed by atoms with Gasteiger partial charge in [-0.2, -0.15) is 0 Å². The third-order valence-electron chi connectivity index (χ3n) is 2.25. The van der Waals surface area contributed by atoms with E-state index < -0.39 is 17.2 Å². The number of H-pyrrole nitrogens is 2. The summed E-state index contributed by atoms with van der Waals surface area (Å²) in [6.07, 6.45) is -0.711. The molecule has 0 unspecified atom stereocenters. The minimum atomic E-state index is -0.711. The number of hydrogen-bond donors (Lipinski definition) is 3. The predicted octanol–water partition coefficient (Wildman–Crippen LogP) is 0.395. The quantitative estimate of drug-likeness (QED) is 0.665. The number of ether oxygens (including phenoxy) is 1.